The van der Waals surface area contributed by atoms with E-state index in [1.807, 2.05) is 0 Å². The Morgan fingerprint density at radius 1 is 1.20 bits per heavy atom. The first-order valence-corrected chi connectivity index (χ1v) is 3.01. The van der Waals surface area contributed by atoms with E-state index < -0.39 is 0 Å². The van der Waals surface area contributed by atoms with Crippen molar-refractivity contribution in [2.45, 2.75) is 0 Å². The molecular formula is C6H14Cl2N2. The van der Waals surface area contributed by atoms with E-state index in [1.165, 1.54) is 0 Å². The first kappa shape index (κ1) is 12.9. The first-order valence-electron chi connectivity index (χ1n) is 3.01. The lowest BCUT2D eigenvalue weighted by atomic mass is 10.5. The van der Waals surface area contributed by atoms with Crippen LogP contribution in [0.15, 0.2) is 12.2 Å². The number of hydrogen-bond donors (Lipinski definition) is 1. The average Bonchev–Trinajstić information content (AvgIpc) is 2.19. The van der Waals surface area contributed by atoms with Crippen molar-refractivity contribution in [3.05, 3.63) is 12.2 Å². The van der Waals surface area contributed by atoms with E-state index in [9.17, 15) is 0 Å². The smallest absolute Gasteiger partial charge is 0.0167 e. The van der Waals surface area contributed by atoms with Crippen LogP contribution in [-0.4, -0.2) is 31.1 Å². The summed E-state index contributed by atoms with van der Waals surface area (Å²) in [5.41, 5.74) is 5.34. The molecule has 1 aliphatic heterocycles. The molecular weight excluding hydrogens is 171 g/mol. The zero-order valence-electron chi connectivity index (χ0n) is 5.82. The quantitative estimate of drug-likeness (QED) is 0.640. The molecule has 0 aromatic heterocycles. The monoisotopic (exact) mass is 184 g/mol. The molecule has 1 heterocycles. The summed E-state index contributed by atoms with van der Waals surface area (Å²) in [7, 11) is 0. The van der Waals surface area contributed by atoms with Crippen molar-refractivity contribution in [2.24, 2.45) is 5.73 Å². The molecule has 1 aliphatic rings. The fourth-order valence-electron chi connectivity index (χ4n) is 0.887. The second kappa shape index (κ2) is 7.35. The van der Waals surface area contributed by atoms with Crippen molar-refractivity contribution in [3.8, 4) is 0 Å². The Bertz CT molecular complexity index is 87.7. The van der Waals surface area contributed by atoms with Crippen LogP contribution in [0.3, 0.4) is 0 Å². The predicted octanol–water partition coefficient (Wildman–Crippen LogP) is 0.661. The molecule has 0 aliphatic carbocycles. The highest BCUT2D eigenvalue weighted by Gasteiger charge is 2.02. The van der Waals surface area contributed by atoms with E-state index in [-0.39, 0.29) is 24.8 Å². The van der Waals surface area contributed by atoms with Crippen LogP contribution in [0.25, 0.3) is 0 Å². The minimum Gasteiger partial charge on any atom is -0.329 e. The zero-order valence-corrected chi connectivity index (χ0v) is 7.46. The standard InChI is InChI=1S/C6H12N2.2ClH/c7-3-6-8-4-1-2-5-8;;/h1-2H,3-7H2;2*1H. The molecule has 0 unspecified atom stereocenters. The SMILES string of the molecule is Cl.Cl.NCCN1CC=CC1. The molecule has 0 radical (unpaired) electrons. The molecule has 2 N–H and O–H groups in total. The second-order valence-corrected chi connectivity index (χ2v) is 2.02. The lowest BCUT2D eigenvalue weighted by Crippen LogP contribution is -2.26. The molecule has 10 heavy (non-hydrogen) atoms. The number of rotatable bonds is 2. The normalized spacial score (nSPS) is 16.1. The molecule has 1 rings (SSSR count). The first-order chi connectivity index (χ1) is 3.93. The summed E-state index contributed by atoms with van der Waals surface area (Å²) >= 11 is 0. The van der Waals surface area contributed by atoms with Crippen LogP contribution in [0, 0.1) is 0 Å². The number of halogens is 2. The Labute approximate surface area is 74.3 Å². The van der Waals surface area contributed by atoms with Crippen LogP contribution in [0.4, 0.5) is 0 Å². The third-order valence-corrected chi connectivity index (χ3v) is 1.34. The molecule has 0 aromatic rings. The van der Waals surface area contributed by atoms with Crippen molar-refractivity contribution < 1.29 is 0 Å². The van der Waals surface area contributed by atoms with Crippen molar-refractivity contribution in [2.75, 3.05) is 26.2 Å². The van der Waals surface area contributed by atoms with Gasteiger partial charge in [0.1, 0.15) is 0 Å². The number of nitrogens with zero attached hydrogens (tertiary/aromatic N) is 1. The van der Waals surface area contributed by atoms with Gasteiger partial charge in [0, 0.05) is 26.2 Å². The van der Waals surface area contributed by atoms with Crippen molar-refractivity contribution in [3.63, 3.8) is 0 Å². The largest absolute Gasteiger partial charge is 0.329 e. The highest BCUT2D eigenvalue weighted by atomic mass is 35.5. The summed E-state index contributed by atoms with van der Waals surface area (Å²) in [6.45, 7) is 4.00. The summed E-state index contributed by atoms with van der Waals surface area (Å²) in [5, 5.41) is 0. The van der Waals surface area contributed by atoms with Crippen LogP contribution >= 0.6 is 24.8 Å². The van der Waals surface area contributed by atoms with E-state index in [4.69, 9.17) is 5.73 Å². The lowest BCUT2D eigenvalue weighted by molar-refractivity contribution is 0.363. The second-order valence-electron chi connectivity index (χ2n) is 2.02. The van der Waals surface area contributed by atoms with Gasteiger partial charge in [-0.1, -0.05) is 12.2 Å². The van der Waals surface area contributed by atoms with E-state index in [0.717, 1.165) is 26.2 Å². The van der Waals surface area contributed by atoms with Crippen LogP contribution in [0.1, 0.15) is 0 Å². The van der Waals surface area contributed by atoms with Crippen LogP contribution < -0.4 is 5.73 Å². The molecule has 0 spiro atoms. The highest BCUT2D eigenvalue weighted by Crippen LogP contribution is 1.95. The van der Waals surface area contributed by atoms with Crippen LogP contribution in [0.2, 0.25) is 0 Å². The molecule has 0 amide bonds. The molecule has 2 nitrogen and oxygen atoms in total. The number of nitrogens with two attached hydrogens (primary N) is 1. The van der Waals surface area contributed by atoms with Gasteiger partial charge >= 0.3 is 0 Å². The maximum atomic E-state index is 5.34. The fourth-order valence-corrected chi connectivity index (χ4v) is 0.887. The summed E-state index contributed by atoms with van der Waals surface area (Å²) in [5.74, 6) is 0. The zero-order chi connectivity index (χ0) is 5.82. The summed E-state index contributed by atoms with van der Waals surface area (Å²) in [6.07, 6.45) is 4.35. The molecule has 0 aromatic carbocycles. The Morgan fingerprint density at radius 3 is 2.10 bits per heavy atom. The number of hydrogen-bond acceptors (Lipinski definition) is 2. The minimum atomic E-state index is 0. The van der Waals surface area contributed by atoms with Gasteiger partial charge in [0.2, 0.25) is 0 Å². The van der Waals surface area contributed by atoms with Gasteiger partial charge in [-0.05, 0) is 0 Å². The average molecular weight is 185 g/mol. The summed E-state index contributed by atoms with van der Waals surface area (Å²) in [4.78, 5) is 2.31. The summed E-state index contributed by atoms with van der Waals surface area (Å²) in [6, 6.07) is 0. The van der Waals surface area contributed by atoms with Gasteiger partial charge in [0.25, 0.3) is 0 Å². The van der Waals surface area contributed by atoms with Gasteiger partial charge in [0.05, 0.1) is 0 Å². The van der Waals surface area contributed by atoms with E-state index in [1.54, 1.807) is 0 Å². The maximum absolute atomic E-state index is 5.34. The van der Waals surface area contributed by atoms with Gasteiger partial charge < -0.3 is 5.73 Å². The van der Waals surface area contributed by atoms with Gasteiger partial charge in [-0.25, -0.2) is 0 Å². The van der Waals surface area contributed by atoms with Crippen LogP contribution in [0.5, 0.6) is 0 Å². The van der Waals surface area contributed by atoms with Gasteiger partial charge in [0.15, 0.2) is 0 Å². The lowest BCUT2D eigenvalue weighted by Gasteiger charge is -2.11. The Morgan fingerprint density at radius 2 is 1.70 bits per heavy atom. The predicted molar refractivity (Wildman–Crippen MR) is 49.1 cm³/mol. The van der Waals surface area contributed by atoms with Crippen molar-refractivity contribution >= 4 is 24.8 Å². The molecule has 62 valence electrons. The third-order valence-electron chi connectivity index (χ3n) is 1.34. The van der Waals surface area contributed by atoms with Crippen molar-refractivity contribution in [1.29, 1.82) is 0 Å². The van der Waals surface area contributed by atoms with Gasteiger partial charge in [-0.15, -0.1) is 24.8 Å². The molecule has 0 saturated carbocycles. The van der Waals surface area contributed by atoms with E-state index in [2.05, 4.69) is 17.1 Å². The Hall–Kier alpha value is 0.240. The van der Waals surface area contributed by atoms with Gasteiger partial charge in [-0.2, -0.15) is 0 Å². The van der Waals surface area contributed by atoms with Crippen molar-refractivity contribution in [1.82, 2.24) is 4.90 Å². The van der Waals surface area contributed by atoms with Gasteiger partial charge in [-0.3, -0.25) is 4.90 Å². The molecule has 0 fully saturated rings. The fraction of sp³-hybridized carbons (Fsp3) is 0.667. The maximum Gasteiger partial charge on any atom is 0.0167 e. The minimum absolute atomic E-state index is 0. The molecule has 0 atom stereocenters. The topological polar surface area (TPSA) is 29.3 Å². The third kappa shape index (κ3) is 4.12. The highest BCUT2D eigenvalue weighted by molar-refractivity contribution is 5.85. The van der Waals surface area contributed by atoms with E-state index >= 15 is 0 Å². The molecule has 0 bridgehead atoms. The Balaban J connectivity index is 0. The van der Waals surface area contributed by atoms with Crippen LogP contribution in [-0.2, 0) is 0 Å². The Kier molecular flexibility index (Phi) is 9.46. The summed E-state index contributed by atoms with van der Waals surface area (Å²) < 4.78 is 0. The molecule has 4 heteroatoms. The molecule has 0 saturated heterocycles. The van der Waals surface area contributed by atoms with E-state index in [0.29, 0.717) is 0 Å².